The van der Waals surface area contributed by atoms with Gasteiger partial charge in [-0.25, -0.2) is 0 Å². The van der Waals surface area contributed by atoms with Crippen molar-refractivity contribution in [3.05, 3.63) is 35.9 Å². The molecule has 0 aromatic heterocycles. The van der Waals surface area contributed by atoms with Gasteiger partial charge in [-0.1, -0.05) is 43.2 Å². The first kappa shape index (κ1) is 12.5. The molecule has 0 spiro atoms. The van der Waals surface area contributed by atoms with Crippen LogP contribution in [-0.4, -0.2) is 11.0 Å². The number of aryl methyl sites for hydroxylation is 1. The Labute approximate surface area is 108 Å². The molecule has 2 rings (SSSR count). The normalized spacial score (nSPS) is 24.2. The van der Waals surface area contributed by atoms with Crippen LogP contribution >= 0.6 is 11.8 Å². The van der Waals surface area contributed by atoms with Gasteiger partial charge in [0.15, 0.2) is 0 Å². The molecule has 1 aromatic carbocycles. The molecule has 90 valence electrons. The first-order valence-electron chi connectivity index (χ1n) is 6.45. The fraction of sp³-hybridized carbons (Fsp3) is 0.533. The Morgan fingerprint density at radius 2 is 1.94 bits per heavy atom. The molecule has 2 heteroatoms. The fourth-order valence-corrected chi connectivity index (χ4v) is 3.84. The van der Waals surface area contributed by atoms with Crippen molar-refractivity contribution in [1.82, 2.24) is 0 Å². The molecule has 0 amide bonds. The summed E-state index contributed by atoms with van der Waals surface area (Å²) in [4.78, 5) is 0. The van der Waals surface area contributed by atoms with Crippen LogP contribution in [-0.2, 0) is 6.42 Å². The van der Waals surface area contributed by atoms with Gasteiger partial charge in [-0.05, 0) is 30.6 Å². The Balaban J connectivity index is 1.76. The van der Waals surface area contributed by atoms with E-state index in [2.05, 4.69) is 36.4 Å². The number of hydrogen-bond donors (Lipinski definition) is 0. The molecule has 0 saturated heterocycles. The van der Waals surface area contributed by atoms with E-state index in [0.29, 0.717) is 11.2 Å². The van der Waals surface area contributed by atoms with Crippen molar-refractivity contribution >= 4 is 11.8 Å². The van der Waals surface area contributed by atoms with E-state index in [9.17, 15) is 0 Å². The highest BCUT2D eigenvalue weighted by atomic mass is 32.2. The maximum atomic E-state index is 9.11. The topological polar surface area (TPSA) is 23.8 Å². The van der Waals surface area contributed by atoms with Gasteiger partial charge in [0, 0.05) is 5.25 Å². The molecular formula is C15H19NS. The van der Waals surface area contributed by atoms with Crippen LogP contribution in [0.2, 0.25) is 0 Å². The molecule has 2 atom stereocenters. The summed E-state index contributed by atoms with van der Waals surface area (Å²) in [6.07, 6.45) is 6.02. The number of hydrogen-bond acceptors (Lipinski definition) is 2. The summed E-state index contributed by atoms with van der Waals surface area (Å²) in [5.74, 6) is 1.44. The van der Waals surface area contributed by atoms with Gasteiger partial charge in [0.2, 0.25) is 0 Å². The SMILES string of the molecule is N#C[C@@H]1CCCC[C@H]1SCCc1ccccc1. The highest BCUT2D eigenvalue weighted by Crippen LogP contribution is 2.33. The Hall–Kier alpha value is -0.940. The number of benzene rings is 1. The summed E-state index contributed by atoms with van der Waals surface area (Å²) >= 11 is 2.00. The number of nitriles is 1. The van der Waals surface area contributed by atoms with E-state index in [4.69, 9.17) is 5.26 Å². The minimum absolute atomic E-state index is 0.296. The summed E-state index contributed by atoms with van der Waals surface area (Å²) in [6, 6.07) is 13.1. The highest BCUT2D eigenvalue weighted by Gasteiger charge is 2.24. The smallest absolute Gasteiger partial charge is 0.0667 e. The van der Waals surface area contributed by atoms with E-state index in [1.807, 2.05) is 11.8 Å². The van der Waals surface area contributed by atoms with E-state index in [1.165, 1.54) is 24.8 Å². The molecule has 0 N–H and O–H groups in total. The molecule has 0 aliphatic heterocycles. The van der Waals surface area contributed by atoms with Crippen molar-refractivity contribution in [3.63, 3.8) is 0 Å². The van der Waals surface area contributed by atoms with Gasteiger partial charge < -0.3 is 0 Å². The first-order valence-corrected chi connectivity index (χ1v) is 7.50. The molecule has 1 aromatic rings. The second-order valence-electron chi connectivity index (χ2n) is 4.66. The summed E-state index contributed by atoms with van der Waals surface area (Å²) in [5.41, 5.74) is 1.41. The number of rotatable bonds is 4. The zero-order valence-electron chi connectivity index (χ0n) is 10.1. The lowest BCUT2D eigenvalue weighted by molar-refractivity contribution is 0.439. The van der Waals surface area contributed by atoms with Crippen molar-refractivity contribution in [2.45, 2.75) is 37.4 Å². The third-order valence-corrected chi connectivity index (χ3v) is 4.87. The van der Waals surface area contributed by atoms with Crippen molar-refractivity contribution in [1.29, 1.82) is 5.26 Å². The fourth-order valence-electron chi connectivity index (χ4n) is 2.42. The predicted octanol–water partition coefficient (Wildman–Crippen LogP) is 4.04. The standard InChI is InChI=1S/C15H19NS/c16-12-14-8-4-5-9-15(14)17-11-10-13-6-2-1-3-7-13/h1-3,6-7,14-15H,4-5,8-11H2/t14-,15+/m0/s1. The van der Waals surface area contributed by atoms with Gasteiger partial charge in [-0.15, -0.1) is 0 Å². The maximum absolute atomic E-state index is 9.11. The average Bonchev–Trinajstić information content (AvgIpc) is 2.40. The van der Waals surface area contributed by atoms with Crippen LogP contribution in [0, 0.1) is 17.2 Å². The largest absolute Gasteiger partial charge is 0.198 e. The molecule has 17 heavy (non-hydrogen) atoms. The predicted molar refractivity (Wildman–Crippen MR) is 74.0 cm³/mol. The lowest BCUT2D eigenvalue weighted by Gasteiger charge is -2.26. The Kier molecular flexibility index (Phi) is 4.94. The van der Waals surface area contributed by atoms with E-state index in [-0.39, 0.29) is 0 Å². The summed E-state index contributed by atoms with van der Waals surface area (Å²) < 4.78 is 0. The van der Waals surface area contributed by atoms with E-state index >= 15 is 0 Å². The minimum Gasteiger partial charge on any atom is -0.198 e. The molecule has 0 unspecified atom stereocenters. The summed E-state index contributed by atoms with van der Waals surface area (Å²) in [6.45, 7) is 0. The second kappa shape index (κ2) is 6.71. The van der Waals surface area contributed by atoms with Crippen LogP contribution in [0.15, 0.2) is 30.3 Å². The lowest BCUT2D eigenvalue weighted by Crippen LogP contribution is -2.21. The van der Waals surface area contributed by atoms with Crippen molar-refractivity contribution < 1.29 is 0 Å². The van der Waals surface area contributed by atoms with Crippen LogP contribution in [0.4, 0.5) is 0 Å². The number of nitrogens with zero attached hydrogens (tertiary/aromatic N) is 1. The molecule has 1 fully saturated rings. The monoisotopic (exact) mass is 245 g/mol. The summed E-state index contributed by atoms with van der Waals surface area (Å²) in [5, 5.41) is 9.70. The third kappa shape index (κ3) is 3.78. The van der Waals surface area contributed by atoms with E-state index < -0.39 is 0 Å². The van der Waals surface area contributed by atoms with Gasteiger partial charge in [0.05, 0.1) is 12.0 Å². The molecule has 1 nitrogen and oxygen atoms in total. The van der Waals surface area contributed by atoms with Crippen LogP contribution in [0.25, 0.3) is 0 Å². The zero-order chi connectivity index (χ0) is 11.9. The maximum Gasteiger partial charge on any atom is 0.0667 e. The Morgan fingerprint density at radius 3 is 2.71 bits per heavy atom. The molecule has 0 bridgehead atoms. The Bertz CT molecular complexity index is 368. The van der Waals surface area contributed by atoms with E-state index in [0.717, 1.165) is 18.6 Å². The minimum atomic E-state index is 0.296. The molecule has 1 saturated carbocycles. The summed E-state index contributed by atoms with van der Waals surface area (Å²) in [7, 11) is 0. The van der Waals surface area contributed by atoms with E-state index in [1.54, 1.807) is 0 Å². The Morgan fingerprint density at radius 1 is 1.18 bits per heavy atom. The van der Waals surface area contributed by atoms with Crippen molar-refractivity contribution in [3.8, 4) is 6.07 Å². The third-order valence-electron chi connectivity index (χ3n) is 3.43. The van der Waals surface area contributed by atoms with Gasteiger partial charge in [-0.2, -0.15) is 17.0 Å². The van der Waals surface area contributed by atoms with Crippen LogP contribution < -0.4 is 0 Å². The quantitative estimate of drug-likeness (QED) is 0.799. The van der Waals surface area contributed by atoms with Crippen LogP contribution in [0.1, 0.15) is 31.2 Å². The molecular weight excluding hydrogens is 226 g/mol. The molecule has 1 aliphatic rings. The van der Waals surface area contributed by atoms with Crippen LogP contribution in [0.3, 0.4) is 0 Å². The highest BCUT2D eigenvalue weighted by molar-refractivity contribution is 7.99. The van der Waals surface area contributed by atoms with Crippen molar-refractivity contribution in [2.24, 2.45) is 5.92 Å². The van der Waals surface area contributed by atoms with Gasteiger partial charge in [0.1, 0.15) is 0 Å². The molecule has 0 radical (unpaired) electrons. The van der Waals surface area contributed by atoms with Gasteiger partial charge in [0.25, 0.3) is 0 Å². The van der Waals surface area contributed by atoms with Gasteiger partial charge in [-0.3, -0.25) is 0 Å². The molecule has 0 heterocycles. The first-order chi connectivity index (χ1) is 8.40. The van der Waals surface area contributed by atoms with Crippen molar-refractivity contribution in [2.75, 3.05) is 5.75 Å². The van der Waals surface area contributed by atoms with Crippen LogP contribution in [0.5, 0.6) is 0 Å². The zero-order valence-corrected chi connectivity index (χ0v) is 11.0. The second-order valence-corrected chi connectivity index (χ2v) is 6.01. The lowest BCUT2D eigenvalue weighted by atomic mass is 9.90. The van der Waals surface area contributed by atoms with Gasteiger partial charge >= 0.3 is 0 Å². The molecule has 1 aliphatic carbocycles. The number of thioether (sulfide) groups is 1. The average molecular weight is 245 g/mol.